The SMILES string of the molecule is CCCCCCCCCCCCCCC[CH2][Na].O=C(O)[C@@H]1CCCN1. The summed E-state index contributed by atoms with van der Waals surface area (Å²) >= 11 is 1.41. The summed E-state index contributed by atoms with van der Waals surface area (Å²) in [7, 11) is 0. The number of aliphatic carboxylic acids is 1. The van der Waals surface area contributed by atoms with Gasteiger partial charge >= 0.3 is 108 Å². The number of carbonyl (C=O) groups is 1. The molecule has 0 aromatic heterocycles. The van der Waals surface area contributed by atoms with Gasteiger partial charge in [-0.25, -0.2) is 0 Å². The summed E-state index contributed by atoms with van der Waals surface area (Å²) < 4.78 is 1.51. The van der Waals surface area contributed by atoms with Gasteiger partial charge in [-0.15, -0.1) is 0 Å². The largest absolute Gasteiger partial charge is 0.480 e. The van der Waals surface area contributed by atoms with Gasteiger partial charge in [-0.1, -0.05) is 26.2 Å². The Hall–Kier alpha value is 0.430. The van der Waals surface area contributed by atoms with Crippen LogP contribution >= 0.6 is 0 Å². The van der Waals surface area contributed by atoms with E-state index in [9.17, 15) is 4.79 Å². The van der Waals surface area contributed by atoms with E-state index in [4.69, 9.17) is 5.11 Å². The number of unbranched alkanes of at least 4 members (excludes halogenated alkanes) is 13. The average Bonchev–Trinajstić information content (AvgIpc) is 3.15. The monoisotopic (exact) mass is 363 g/mol. The molecule has 1 aliphatic heterocycles. The Morgan fingerprint density at radius 2 is 1.32 bits per heavy atom. The van der Waals surface area contributed by atoms with Gasteiger partial charge in [-0.2, -0.15) is 0 Å². The van der Waals surface area contributed by atoms with Crippen LogP contribution in [0.4, 0.5) is 0 Å². The number of carboxylic acid groups (broad SMARTS) is 1. The van der Waals surface area contributed by atoms with Crippen molar-refractivity contribution in [1.29, 1.82) is 0 Å². The Morgan fingerprint density at radius 1 is 0.880 bits per heavy atom. The van der Waals surface area contributed by atoms with Gasteiger partial charge in [0.05, 0.1) is 0 Å². The Labute approximate surface area is 174 Å². The first-order chi connectivity index (χ1) is 12.2. The van der Waals surface area contributed by atoms with Crippen LogP contribution in [0.1, 0.15) is 110 Å². The Morgan fingerprint density at radius 3 is 1.60 bits per heavy atom. The minimum Gasteiger partial charge on any atom is -0.480 e. The molecule has 3 nitrogen and oxygen atoms in total. The van der Waals surface area contributed by atoms with Crippen molar-refractivity contribution in [3.63, 3.8) is 0 Å². The predicted octanol–water partition coefficient (Wildman–Crippen LogP) is 5.88. The topological polar surface area (TPSA) is 49.3 Å². The number of hydrogen-bond acceptors (Lipinski definition) is 2. The zero-order valence-electron chi connectivity index (χ0n) is 17.2. The third kappa shape index (κ3) is 19.0. The Balaban J connectivity index is 0.000000593. The fourth-order valence-corrected chi connectivity index (χ4v) is 3.84. The van der Waals surface area contributed by atoms with Crippen molar-refractivity contribution in [1.82, 2.24) is 5.32 Å². The molecule has 1 rings (SSSR count). The van der Waals surface area contributed by atoms with Crippen molar-refractivity contribution in [2.24, 2.45) is 0 Å². The first-order valence-electron chi connectivity index (χ1n) is 11.2. The molecule has 144 valence electrons. The van der Waals surface area contributed by atoms with Gasteiger partial charge in [0.1, 0.15) is 6.04 Å². The van der Waals surface area contributed by atoms with Crippen molar-refractivity contribution < 1.29 is 9.90 Å². The second-order valence-corrected chi connectivity index (χ2v) is 8.58. The molecule has 0 radical (unpaired) electrons. The summed E-state index contributed by atoms with van der Waals surface area (Å²) in [6.45, 7) is 3.15. The standard InChI is InChI=1S/C16H33.C5H9NO2.Na/c1-3-5-7-9-11-13-15-16-14-12-10-8-6-4-2;7-5(8)4-2-1-3-6-4;/h1,3-16H2,2H3;4,6H,1-3H2,(H,7,8);/t;4-;/m.0./s1. The van der Waals surface area contributed by atoms with Crippen LogP contribution in [0.15, 0.2) is 0 Å². The molecule has 0 amide bonds. The molecule has 0 aromatic rings. The minimum absolute atomic E-state index is 0.269. The number of nitrogens with one attached hydrogen (secondary N) is 1. The maximum Gasteiger partial charge on any atom is 0.320 e. The molecule has 0 aromatic carbocycles. The van der Waals surface area contributed by atoms with Gasteiger partial charge in [0, 0.05) is 0 Å². The molecule has 1 heterocycles. The van der Waals surface area contributed by atoms with Gasteiger partial charge in [0.15, 0.2) is 0 Å². The molecule has 0 saturated carbocycles. The summed E-state index contributed by atoms with van der Waals surface area (Å²) in [6.07, 6.45) is 22.5. The van der Waals surface area contributed by atoms with Crippen molar-refractivity contribution in [2.75, 3.05) is 6.54 Å². The molecule has 25 heavy (non-hydrogen) atoms. The quantitative estimate of drug-likeness (QED) is 0.282. The fraction of sp³-hybridized carbons (Fsp3) is 0.952. The van der Waals surface area contributed by atoms with E-state index in [1.165, 1.54) is 121 Å². The molecule has 4 heteroatoms. The zero-order chi connectivity index (χ0) is 18.6. The molecule has 0 bridgehead atoms. The average molecular weight is 364 g/mol. The van der Waals surface area contributed by atoms with Crippen LogP contribution in [0, 0.1) is 0 Å². The molecule has 2 N–H and O–H groups in total. The van der Waals surface area contributed by atoms with Crippen molar-refractivity contribution in [3.05, 3.63) is 0 Å². The predicted molar refractivity (Wildman–Crippen MR) is 110 cm³/mol. The van der Waals surface area contributed by atoms with Crippen LogP contribution in [0.5, 0.6) is 0 Å². The Kier molecular flexibility index (Phi) is 21.1. The van der Waals surface area contributed by atoms with Crippen LogP contribution in [-0.4, -0.2) is 51.6 Å². The van der Waals surface area contributed by atoms with E-state index in [0.29, 0.717) is 0 Å². The molecule has 1 saturated heterocycles. The van der Waals surface area contributed by atoms with E-state index in [1.807, 2.05) is 0 Å². The van der Waals surface area contributed by atoms with Crippen molar-refractivity contribution in [3.8, 4) is 0 Å². The molecule has 1 aliphatic rings. The molecule has 0 spiro atoms. The maximum absolute atomic E-state index is 10.1. The summed E-state index contributed by atoms with van der Waals surface area (Å²) in [5.74, 6) is -0.720. The second kappa shape index (κ2) is 20.7. The van der Waals surface area contributed by atoms with E-state index in [1.54, 1.807) is 0 Å². The van der Waals surface area contributed by atoms with Crippen LogP contribution in [0.2, 0.25) is 3.67 Å². The molecule has 0 unspecified atom stereocenters. The van der Waals surface area contributed by atoms with Gasteiger partial charge in [-0.3, -0.25) is 4.79 Å². The summed E-state index contributed by atoms with van der Waals surface area (Å²) in [6, 6.07) is -0.269. The van der Waals surface area contributed by atoms with E-state index in [2.05, 4.69) is 12.2 Å². The summed E-state index contributed by atoms with van der Waals surface area (Å²) in [5.41, 5.74) is 0. The van der Waals surface area contributed by atoms with E-state index in [-0.39, 0.29) is 6.04 Å². The summed E-state index contributed by atoms with van der Waals surface area (Å²) in [5, 5.41) is 11.2. The van der Waals surface area contributed by atoms with Gasteiger partial charge in [0.25, 0.3) is 0 Å². The van der Waals surface area contributed by atoms with Crippen LogP contribution in [0.3, 0.4) is 0 Å². The minimum atomic E-state index is -0.720. The third-order valence-electron chi connectivity index (χ3n) is 5.07. The van der Waals surface area contributed by atoms with E-state index in [0.717, 1.165) is 19.4 Å². The fourth-order valence-electron chi connectivity index (χ4n) is 3.34. The number of rotatable bonds is 15. The molecular formula is C21H42NNaO2. The molecular weight excluding hydrogens is 321 g/mol. The van der Waals surface area contributed by atoms with Gasteiger partial charge in [0.2, 0.25) is 0 Å². The number of carboxylic acids is 1. The van der Waals surface area contributed by atoms with Crippen molar-refractivity contribution in [2.45, 2.75) is 119 Å². The van der Waals surface area contributed by atoms with Gasteiger partial charge < -0.3 is 10.4 Å². The van der Waals surface area contributed by atoms with Gasteiger partial charge in [-0.05, 0) is 19.4 Å². The van der Waals surface area contributed by atoms with Crippen LogP contribution in [0.25, 0.3) is 0 Å². The molecule has 1 fully saturated rings. The van der Waals surface area contributed by atoms with Crippen molar-refractivity contribution >= 4 is 33.9 Å². The first kappa shape index (κ1) is 25.4. The first-order valence-corrected chi connectivity index (χ1v) is 12.6. The molecule has 1 atom stereocenters. The normalized spacial score (nSPS) is 16.5. The van der Waals surface area contributed by atoms with Crippen LogP contribution < -0.4 is 5.32 Å². The van der Waals surface area contributed by atoms with E-state index >= 15 is 0 Å². The zero-order valence-corrected chi connectivity index (χ0v) is 19.2. The van der Waals surface area contributed by atoms with E-state index < -0.39 is 5.97 Å². The maximum atomic E-state index is 10.1. The molecule has 0 aliphatic carbocycles. The smallest absolute Gasteiger partial charge is 0.320 e. The Bertz CT molecular complexity index is 267. The second-order valence-electron chi connectivity index (χ2n) is 7.58. The number of hydrogen-bond donors (Lipinski definition) is 2. The van der Waals surface area contributed by atoms with Crippen LogP contribution in [-0.2, 0) is 4.79 Å². The third-order valence-corrected chi connectivity index (χ3v) is 5.77. The summed E-state index contributed by atoms with van der Waals surface area (Å²) in [4.78, 5) is 10.1.